The molecule has 1 aromatic rings. The summed E-state index contributed by atoms with van der Waals surface area (Å²) in [6, 6.07) is 5.95. The normalized spacial score (nSPS) is 19.9. The van der Waals surface area contributed by atoms with Gasteiger partial charge in [0, 0.05) is 12.2 Å². The third-order valence-electron chi connectivity index (χ3n) is 3.10. The third-order valence-corrected chi connectivity index (χ3v) is 4.01. The number of nitrogens with two attached hydrogens (primary N) is 1. The molecular weight excluding hydrogens is 266 g/mol. The zero-order chi connectivity index (χ0) is 13.9. The highest BCUT2D eigenvalue weighted by Gasteiger charge is 2.21. The molecule has 7 heteroatoms. The molecule has 2 rings (SSSR count). The molecule has 1 aliphatic heterocycles. The molecule has 0 unspecified atom stereocenters. The predicted octanol–water partition coefficient (Wildman–Crippen LogP) is 0.272. The smallest absolute Gasteiger partial charge is 0.238 e. The lowest BCUT2D eigenvalue weighted by molar-refractivity contribution is -0.120. The Balaban J connectivity index is 2.08. The second kappa shape index (κ2) is 5.68. The summed E-state index contributed by atoms with van der Waals surface area (Å²) in [7, 11) is -3.75. The first-order chi connectivity index (χ1) is 8.97. The van der Waals surface area contributed by atoms with Crippen molar-refractivity contribution < 1.29 is 13.2 Å². The zero-order valence-electron chi connectivity index (χ0n) is 10.4. The van der Waals surface area contributed by atoms with Gasteiger partial charge in [-0.15, -0.1) is 0 Å². The summed E-state index contributed by atoms with van der Waals surface area (Å²) >= 11 is 0. The molecule has 1 amide bonds. The number of sulfonamides is 1. The number of primary sulfonamides is 1. The monoisotopic (exact) mass is 283 g/mol. The number of piperidine rings is 1. The number of amides is 1. The van der Waals surface area contributed by atoms with E-state index in [1.807, 2.05) is 0 Å². The topological polar surface area (TPSA) is 101 Å². The molecule has 0 radical (unpaired) electrons. The summed E-state index contributed by atoms with van der Waals surface area (Å²) in [6.45, 7) is 1.59. The SMILES string of the molecule is NS(=O)(=O)c1cccc(NC(=O)[C@H]2CCCNC2)c1. The molecule has 104 valence electrons. The summed E-state index contributed by atoms with van der Waals surface area (Å²) in [4.78, 5) is 12.0. The Morgan fingerprint density at radius 3 is 2.84 bits per heavy atom. The van der Waals surface area contributed by atoms with Crippen molar-refractivity contribution in [3.05, 3.63) is 24.3 Å². The van der Waals surface area contributed by atoms with Gasteiger partial charge in [0.25, 0.3) is 0 Å². The predicted molar refractivity (Wildman–Crippen MR) is 72.0 cm³/mol. The summed E-state index contributed by atoms with van der Waals surface area (Å²) in [5, 5.41) is 10.9. The highest BCUT2D eigenvalue weighted by atomic mass is 32.2. The molecule has 1 atom stereocenters. The second-order valence-electron chi connectivity index (χ2n) is 4.61. The highest BCUT2D eigenvalue weighted by Crippen LogP contribution is 2.17. The van der Waals surface area contributed by atoms with E-state index in [1.54, 1.807) is 12.1 Å². The standard InChI is InChI=1S/C12H17N3O3S/c13-19(17,18)11-5-1-4-10(7-11)15-12(16)9-3-2-6-14-8-9/h1,4-5,7,9,14H,2-3,6,8H2,(H,15,16)(H2,13,17,18)/t9-/m0/s1. The number of hydrogen-bond donors (Lipinski definition) is 3. The van der Waals surface area contributed by atoms with E-state index in [-0.39, 0.29) is 16.7 Å². The Hall–Kier alpha value is -1.44. The minimum Gasteiger partial charge on any atom is -0.326 e. The lowest BCUT2D eigenvalue weighted by Gasteiger charge is -2.21. The third kappa shape index (κ3) is 3.76. The van der Waals surface area contributed by atoms with Gasteiger partial charge in [0.05, 0.1) is 10.8 Å². The molecule has 19 heavy (non-hydrogen) atoms. The first-order valence-electron chi connectivity index (χ1n) is 6.11. The summed E-state index contributed by atoms with van der Waals surface area (Å²) in [5.74, 6) is -0.175. The van der Waals surface area contributed by atoms with E-state index >= 15 is 0 Å². The van der Waals surface area contributed by atoms with Gasteiger partial charge in [-0.25, -0.2) is 13.6 Å². The van der Waals surface area contributed by atoms with Gasteiger partial charge < -0.3 is 10.6 Å². The second-order valence-corrected chi connectivity index (χ2v) is 6.17. The molecule has 1 fully saturated rings. The molecular formula is C12H17N3O3S. The molecule has 1 aliphatic rings. The Morgan fingerprint density at radius 2 is 2.21 bits per heavy atom. The maximum atomic E-state index is 12.0. The Morgan fingerprint density at radius 1 is 1.42 bits per heavy atom. The van der Waals surface area contributed by atoms with Gasteiger partial charge in [-0.2, -0.15) is 0 Å². The number of carbonyl (C=O) groups excluding carboxylic acids is 1. The van der Waals surface area contributed by atoms with Crippen molar-refractivity contribution in [3.63, 3.8) is 0 Å². The van der Waals surface area contributed by atoms with Crippen LogP contribution in [0.3, 0.4) is 0 Å². The lowest BCUT2D eigenvalue weighted by Crippen LogP contribution is -2.37. The van der Waals surface area contributed by atoms with Crippen LogP contribution in [0.15, 0.2) is 29.2 Å². The summed E-state index contributed by atoms with van der Waals surface area (Å²) in [5.41, 5.74) is 0.446. The van der Waals surface area contributed by atoms with E-state index in [2.05, 4.69) is 10.6 Å². The van der Waals surface area contributed by atoms with Crippen LogP contribution >= 0.6 is 0 Å². The van der Waals surface area contributed by atoms with Crippen LogP contribution in [-0.4, -0.2) is 27.4 Å². The van der Waals surface area contributed by atoms with Gasteiger partial charge in [0.1, 0.15) is 0 Å². The molecule has 1 aromatic carbocycles. The van der Waals surface area contributed by atoms with Crippen LogP contribution in [0.2, 0.25) is 0 Å². The molecule has 4 N–H and O–H groups in total. The van der Waals surface area contributed by atoms with Gasteiger partial charge in [0.2, 0.25) is 15.9 Å². The first-order valence-corrected chi connectivity index (χ1v) is 7.66. The average molecular weight is 283 g/mol. The van der Waals surface area contributed by atoms with Crippen LogP contribution in [0.5, 0.6) is 0 Å². The number of benzene rings is 1. The van der Waals surface area contributed by atoms with E-state index in [9.17, 15) is 13.2 Å². The summed E-state index contributed by atoms with van der Waals surface area (Å²) < 4.78 is 22.5. The molecule has 6 nitrogen and oxygen atoms in total. The number of carbonyl (C=O) groups is 1. The van der Waals surface area contributed by atoms with Crippen molar-refractivity contribution in [2.75, 3.05) is 18.4 Å². The molecule has 0 bridgehead atoms. The van der Waals surface area contributed by atoms with Crippen molar-refractivity contribution in [2.45, 2.75) is 17.7 Å². The van der Waals surface area contributed by atoms with Gasteiger partial charge in [-0.05, 0) is 37.6 Å². The molecule has 0 spiro atoms. The van der Waals surface area contributed by atoms with Crippen LogP contribution in [0.4, 0.5) is 5.69 Å². The Bertz CT molecular complexity index is 565. The van der Waals surface area contributed by atoms with Gasteiger partial charge >= 0.3 is 0 Å². The minimum absolute atomic E-state index is 0.00734. The van der Waals surface area contributed by atoms with E-state index < -0.39 is 10.0 Å². The van der Waals surface area contributed by atoms with Gasteiger partial charge in [-0.3, -0.25) is 4.79 Å². The van der Waals surface area contributed by atoms with E-state index in [1.165, 1.54) is 12.1 Å². The fourth-order valence-corrected chi connectivity index (χ4v) is 2.63. The maximum Gasteiger partial charge on any atom is 0.238 e. The lowest BCUT2D eigenvalue weighted by atomic mass is 9.99. The zero-order valence-corrected chi connectivity index (χ0v) is 11.2. The first kappa shape index (κ1) is 14.0. The molecule has 1 saturated heterocycles. The van der Waals surface area contributed by atoms with E-state index in [0.717, 1.165) is 19.4 Å². The van der Waals surface area contributed by atoms with Crippen molar-refractivity contribution in [1.82, 2.24) is 5.32 Å². The van der Waals surface area contributed by atoms with Crippen molar-refractivity contribution in [2.24, 2.45) is 11.1 Å². The van der Waals surface area contributed by atoms with Crippen LogP contribution < -0.4 is 15.8 Å². The molecule has 0 aromatic heterocycles. The van der Waals surface area contributed by atoms with Gasteiger partial charge in [-0.1, -0.05) is 6.07 Å². The number of rotatable bonds is 3. The van der Waals surface area contributed by atoms with Crippen LogP contribution in [0, 0.1) is 5.92 Å². The Kier molecular flexibility index (Phi) is 4.18. The van der Waals surface area contributed by atoms with Crippen LogP contribution in [0.25, 0.3) is 0 Å². The van der Waals surface area contributed by atoms with Crippen molar-refractivity contribution >= 4 is 21.6 Å². The van der Waals surface area contributed by atoms with Crippen molar-refractivity contribution in [1.29, 1.82) is 0 Å². The fourth-order valence-electron chi connectivity index (χ4n) is 2.07. The number of hydrogen-bond acceptors (Lipinski definition) is 4. The van der Waals surface area contributed by atoms with E-state index in [4.69, 9.17) is 5.14 Å². The minimum atomic E-state index is -3.75. The average Bonchev–Trinajstić information content (AvgIpc) is 2.39. The van der Waals surface area contributed by atoms with Crippen LogP contribution in [0.1, 0.15) is 12.8 Å². The molecule has 0 saturated carbocycles. The molecule has 1 heterocycles. The highest BCUT2D eigenvalue weighted by molar-refractivity contribution is 7.89. The van der Waals surface area contributed by atoms with E-state index in [0.29, 0.717) is 12.2 Å². The maximum absolute atomic E-state index is 12.0. The fraction of sp³-hybridized carbons (Fsp3) is 0.417. The summed E-state index contributed by atoms with van der Waals surface area (Å²) in [6.07, 6.45) is 1.81. The van der Waals surface area contributed by atoms with Gasteiger partial charge in [0.15, 0.2) is 0 Å². The largest absolute Gasteiger partial charge is 0.326 e. The van der Waals surface area contributed by atoms with Crippen LogP contribution in [-0.2, 0) is 14.8 Å². The number of nitrogens with one attached hydrogen (secondary N) is 2. The molecule has 0 aliphatic carbocycles. The number of anilines is 1. The van der Waals surface area contributed by atoms with Crippen molar-refractivity contribution in [3.8, 4) is 0 Å². The quantitative estimate of drug-likeness (QED) is 0.741. The Labute approximate surface area is 112 Å².